The zero-order valence-corrected chi connectivity index (χ0v) is 13.7. The van der Waals surface area contributed by atoms with Gasteiger partial charge in [0, 0.05) is 20.2 Å². The lowest BCUT2D eigenvalue weighted by atomic mass is 10.2. The summed E-state index contributed by atoms with van der Waals surface area (Å²) in [6, 6.07) is 7.42. The number of benzene rings is 1. The number of amides is 1. The number of nitrogens with one attached hydrogen (secondary N) is 2. The second-order valence-corrected chi connectivity index (χ2v) is 4.86. The van der Waals surface area contributed by atoms with Crippen LogP contribution in [0.3, 0.4) is 0 Å². The van der Waals surface area contributed by atoms with Gasteiger partial charge in [-0.15, -0.1) is 0 Å². The fourth-order valence-corrected chi connectivity index (χ4v) is 2.01. The Kier molecular flexibility index (Phi) is 5.48. The number of carbonyl (C=O) groups excluding carboxylic acids is 1. The number of aromatic nitrogens is 2. The number of hydrogen-bond donors (Lipinski definition) is 2. The number of ether oxygens (including phenoxy) is 1. The topological polar surface area (TPSA) is 88.5 Å². The second kappa shape index (κ2) is 7.55. The fourth-order valence-electron chi connectivity index (χ4n) is 1.79. The number of nitrogens with zero attached hydrogens (tertiary/aromatic N) is 3. The average molecular weight is 334 g/mol. The van der Waals surface area contributed by atoms with Crippen LogP contribution in [0.15, 0.2) is 29.3 Å². The molecule has 1 aromatic heterocycles. The molecule has 0 aliphatic carbocycles. The van der Waals surface area contributed by atoms with Gasteiger partial charge in [-0.1, -0.05) is 23.7 Å². The van der Waals surface area contributed by atoms with E-state index in [1.54, 1.807) is 20.4 Å². The molecule has 1 amide bonds. The first-order valence-corrected chi connectivity index (χ1v) is 7.12. The summed E-state index contributed by atoms with van der Waals surface area (Å²) in [4.78, 5) is 23.6. The number of hydrogen-bond acceptors (Lipinski definition) is 6. The molecule has 120 valence electrons. The third-order valence-corrected chi connectivity index (χ3v) is 3.07. The maximum atomic E-state index is 11.1. The van der Waals surface area contributed by atoms with Crippen LogP contribution >= 0.6 is 11.6 Å². The van der Waals surface area contributed by atoms with Crippen molar-refractivity contribution >= 4 is 41.2 Å². The number of methoxy groups -OCH3 is 1. The van der Waals surface area contributed by atoms with Gasteiger partial charge in [0.25, 0.3) is 0 Å². The zero-order chi connectivity index (χ0) is 16.8. The first kappa shape index (κ1) is 16.7. The monoisotopic (exact) mass is 333 g/mol. The molecule has 2 N–H and O–H groups in total. The number of carbonyl (C=O) groups is 1. The van der Waals surface area contributed by atoms with Crippen molar-refractivity contribution in [2.45, 2.75) is 6.92 Å². The van der Waals surface area contributed by atoms with Crippen LogP contribution in [0.1, 0.15) is 12.5 Å². The Bertz CT molecular complexity index is 749. The Balaban J connectivity index is 2.34. The summed E-state index contributed by atoms with van der Waals surface area (Å²) in [5.41, 5.74) is 1.22. The fraction of sp³-hybridized carbons (Fsp3) is 0.200. The highest BCUT2D eigenvalue weighted by atomic mass is 35.5. The maximum Gasteiger partial charge on any atom is 0.232 e. The van der Waals surface area contributed by atoms with Gasteiger partial charge < -0.3 is 10.1 Å². The normalized spacial score (nSPS) is 10.6. The molecule has 0 atom stereocenters. The van der Waals surface area contributed by atoms with E-state index in [0.29, 0.717) is 11.5 Å². The summed E-state index contributed by atoms with van der Waals surface area (Å²) >= 11 is 6.14. The molecule has 0 bridgehead atoms. The van der Waals surface area contributed by atoms with Crippen LogP contribution in [0.25, 0.3) is 0 Å². The van der Waals surface area contributed by atoms with Gasteiger partial charge in [0.05, 0.1) is 7.11 Å². The van der Waals surface area contributed by atoms with Crippen molar-refractivity contribution in [1.82, 2.24) is 9.97 Å². The van der Waals surface area contributed by atoms with E-state index in [0.717, 1.165) is 11.3 Å². The molecule has 2 rings (SSSR count). The third kappa shape index (κ3) is 4.40. The highest BCUT2D eigenvalue weighted by Crippen LogP contribution is 2.31. The van der Waals surface area contributed by atoms with Crippen LogP contribution in [0.4, 0.5) is 17.5 Å². The molecule has 0 fully saturated rings. The third-order valence-electron chi connectivity index (χ3n) is 2.80. The lowest BCUT2D eigenvalue weighted by Gasteiger charge is -2.08. The van der Waals surface area contributed by atoms with Gasteiger partial charge in [-0.3, -0.25) is 10.1 Å². The molecule has 23 heavy (non-hydrogen) atoms. The van der Waals surface area contributed by atoms with Crippen molar-refractivity contribution in [3.63, 3.8) is 0 Å². The highest BCUT2D eigenvalue weighted by molar-refractivity contribution is 6.32. The van der Waals surface area contributed by atoms with E-state index in [1.165, 1.54) is 6.92 Å². The molecule has 0 saturated heterocycles. The molecule has 7 nitrogen and oxygen atoms in total. The summed E-state index contributed by atoms with van der Waals surface area (Å²) in [6.07, 6.45) is 1.63. The zero-order valence-electron chi connectivity index (χ0n) is 12.9. The minimum atomic E-state index is -0.282. The van der Waals surface area contributed by atoms with E-state index < -0.39 is 0 Å². The maximum absolute atomic E-state index is 11.1. The van der Waals surface area contributed by atoms with E-state index in [2.05, 4.69) is 25.6 Å². The van der Waals surface area contributed by atoms with E-state index in [9.17, 15) is 4.79 Å². The lowest BCUT2D eigenvalue weighted by Crippen LogP contribution is -2.10. The molecule has 0 spiro atoms. The van der Waals surface area contributed by atoms with Crippen molar-refractivity contribution in [2.24, 2.45) is 4.99 Å². The first-order chi connectivity index (χ1) is 11.0. The van der Waals surface area contributed by atoms with Crippen LogP contribution in [0.5, 0.6) is 5.75 Å². The van der Waals surface area contributed by atoms with Crippen LogP contribution < -0.4 is 15.4 Å². The van der Waals surface area contributed by atoms with Crippen molar-refractivity contribution in [3.05, 3.63) is 35.0 Å². The van der Waals surface area contributed by atoms with Crippen molar-refractivity contribution < 1.29 is 9.53 Å². The summed E-state index contributed by atoms with van der Waals surface area (Å²) in [5.74, 6) is 0.974. The van der Waals surface area contributed by atoms with Crippen LogP contribution in [-0.4, -0.2) is 36.2 Å². The SMILES string of the molecule is CNc1nc(NC(C)=O)nc(Cl)c1N=Cc1cccc(OC)c1. The van der Waals surface area contributed by atoms with E-state index >= 15 is 0 Å². The molecule has 8 heteroatoms. The standard InChI is InChI=1S/C15H16ClN5O2/c1-9(22)19-15-20-13(16)12(14(17-2)21-15)18-8-10-5-4-6-11(7-10)23-3/h4-8H,1-3H3,(H2,17,19,20,21,22). The molecule has 0 saturated carbocycles. The molecule has 1 heterocycles. The first-order valence-electron chi connectivity index (χ1n) is 6.74. The molecule has 1 aromatic carbocycles. The lowest BCUT2D eigenvalue weighted by molar-refractivity contribution is -0.114. The number of halogens is 1. The molecular weight excluding hydrogens is 318 g/mol. The van der Waals surface area contributed by atoms with Crippen molar-refractivity contribution in [2.75, 3.05) is 24.8 Å². The van der Waals surface area contributed by atoms with E-state index in [-0.39, 0.29) is 17.0 Å². The predicted molar refractivity (Wildman–Crippen MR) is 91.1 cm³/mol. The summed E-state index contributed by atoms with van der Waals surface area (Å²) < 4.78 is 5.16. The van der Waals surface area contributed by atoms with Crippen LogP contribution in [-0.2, 0) is 4.79 Å². The number of aliphatic imine (C=N–C) groups is 1. The van der Waals surface area contributed by atoms with Crippen molar-refractivity contribution in [1.29, 1.82) is 0 Å². The molecule has 0 aliphatic rings. The van der Waals surface area contributed by atoms with Gasteiger partial charge in [-0.25, -0.2) is 4.99 Å². The van der Waals surface area contributed by atoms with Crippen molar-refractivity contribution in [3.8, 4) is 5.75 Å². The van der Waals surface area contributed by atoms with Gasteiger partial charge in [-0.2, -0.15) is 9.97 Å². The summed E-state index contributed by atoms with van der Waals surface area (Å²) in [7, 11) is 3.28. The second-order valence-electron chi connectivity index (χ2n) is 4.50. The van der Waals surface area contributed by atoms with Gasteiger partial charge in [0.1, 0.15) is 11.4 Å². The summed E-state index contributed by atoms with van der Waals surface area (Å²) in [6.45, 7) is 1.37. The van der Waals surface area contributed by atoms with E-state index in [4.69, 9.17) is 16.3 Å². The Labute approximate surface area is 138 Å². The van der Waals surface area contributed by atoms with Gasteiger partial charge in [-0.05, 0) is 17.7 Å². The molecular formula is C15H16ClN5O2. The largest absolute Gasteiger partial charge is 0.497 e. The smallest absolute Gasteiger partial charge is 0.232 e. The molecule has 0 unspecified atom stereocenters. The Hall–Kier alpha value is -2.67. The van der Waals surface area contributed by atoms with Gasteiger partial charge in [0.15, 0.2) is 11.0 Å². The van der Waals surface area contributed by atoms with Crippen LogP contribution in [0.2, 0.25) is 5.15 Å². The minimum Gasteiger partial charge on any atom is -0.497 e. The highest BCUT2D eigenvalue weighted by Gasteiger charge is 2.12. The average Bonchev–Trinajstić information content (AvgIpc) is 2.53. The van der Waals surface area contributed by atoms with E-state index in [1.807, 2.05) is 24.3 Å². The van der Waals surface area contributed by atoms with Gasteiger partial charge >= 0.3 is 0 Å². The van der Waals surface area contributed by atoms with Gasteiger partial charge in [0.2, 0.25) is 11.9 Å². The quantitative estimate of drug-likeness (QED) is 0.648. The number of rotatable bonds is 5. The summed E-state index contributed by atoms with van der Waals surface area (Å²) in [5, 5.41) is 5.50. The predicted octanol–water partition coefficient (Wildman–Crippen LogP) is 2.89. The molecule has 0 aliphatic heterocycles. The molecule has 2 aromatic rings. The van der Waals surface area contributed by atoms with Crippen LogP contribution in [0, 0.1) is 0 Å². The Morgan fingerprint density at radius 1 is 1.39 bits per heavy atom. The number of anilines is 2. The Morgan fingerprint density at radius 2 is 2.17 bits per heavy atom. The Morgan fingerprint density at radius 3 is 2.83 bits per heavy atom. The molecule has 0 radical (unpaired) electrons. The minimum absolute atomic E-state index is 0.118.